The monoisotopic (exact) mass is 405 g/mol. The average Bonchev–Trinajstić information content (AvgIpc) is 2.83. The Labute approximate surface area is 182 Å². The number of carbonyl (C=O) groups excluding carboxylic acids is 2. The molecule has 0 unspecified atom stereocenters. The van der Waals surface area contributed by atoms with Gasteiger partial charge in [-0.15, -0.1) is 0 Å². The summed E-state index contributed by atoms with van der Waals surface area (Å²) in [5, 5.41) is 5.10. The molecule has 1 amide bonds. The Morgan fingerprint density at radius 3 is 2.13 bits per heavy atom. The average molecular weight is 405 g/mol. The summed E-state index contributed by atoms with van der Waals surface area (Å²) < 4.78 is 0. The van der Waals surface area contributed by atoms with Gasteiger partial charge in [-0.3, -0.25) is 9.59 Å². The fourth-order valence-corrected chi connectivity index (χ4v) is 3.55. The number of benzene rings is 4. The van der Waals surface area contributed by atoms with Crippen LogP contribution in [0, 0.1) is 0 Å². The van der Waals surface area contributed by atoms with Crippen molar-refractivity contribution in [1.82, 2.24) is 5.32 Å². The highest BCUT2D eigenvalue weighted by Crippen LogP contribution is 2.22. The van der Waals surface area contributed by atoms with E-state index in [0.717, 1.165) is 21.9 Å². The summed E-state index contributed by atoms with van der Waals surface area (Å²) in [7, 11) is 0. The molecule has 0 saturated carbocycles. The van der Waals surface area contributed by atoms with Gasteiger partial charge in [-0.2, -0.15) is 0 Å². The molecule has 0 aliphatic rings. The van der Waals surface area contributed by atoms with Crippen LogP contribution in [0.5, 0.6) is 0 Å². The minimum absolute atomic E-state index is 0.0356. The first-order chi connectivity index (χ1) is 15.2. The molecule has 3 heteroatoms. The number of rotatable bonds is 7. The molecular weight excluding hydrogens is 382 g/mol. The smallest absolute Gasteiger partial charge is 0.247 e. The summed E-state index contributed by atoms with van der Waals surface area (Å²) in [6.07, 6.45) is 1.87. The van der Waals surface area contributed by atoms with Gasteiger partial charge < -0.3 is 5.32 Å². The van der Waals surface area contributed by atoms with E-state index >= 15 is 0 Å². The van der Waals surface area contributed by atoms with Gasteiger partial charge in [0.25, 0.3) is 0 Å². The molecule has 0 aliphatic heterocycles. The van der Waals surface area contributed by atoms with Crippen molar-refractivity contribution in [2.45, 2.75) is 13.0 Å². The van der Waals surface area contributed by atoms with E-state index in [-0.39, 0.29) is 18.1 Å². The summed E-state index contributed by atoms with van der Waals surface area (Å²) in [6.45, 7) is 0.409. The Morgan fingerprint density at radius 2 is 1.35 bits per heavy atom. The van der Waals surface area contributed by atoms with Crippen molar-refractivity contribution in [3.8, 4) is 0 Å². The van der Waals surface area contributed by atoms with Crippen molar-refractivity contribution in [2.75, 3.05) is 0 Å². The fourth-order valence-electron chi connectivity index (χ4n) is 3.55. The second-order valence-electron chi connectivity index (χ2n) is 7.37. The molecule has 0 aliphatic carbocycles. The predicted octanol–water partition coefficient (Wildman–Crippen LogP) is 5.81. The molecule has 0 saturated heterocycles. The van der Waals surface area contributed by atoms with Crippen molar-refractivity contribution in [3.63, 3.8) is 0 Å². The van der Waals surface area contributed by atoms with E-state index in [2.05, 4.69) is 5.32 Å². The van der Waals surface area contributed by atoms with Gasteiger partial charge in [-0.05, 0) is 28.0 Å². The summed E-state index contributed by atoms with van der Waals surface area (Å²) in [6, 6.07) is 32.8. The zero-order valence-corrected chi connectivity index (χ0v) is 17.1. The number of hydrogen-bond acceptors (Lipinski definition) is 2. The number of carbonyl (C=O) groups is 2. The zero-order chi connectivity index (χ0) is 21.5. The van der Waals surface area contributed by atoms with Crippen LogP contribution in [-0.4, -0.2) is 11.7 Å². The van der Waals surface area contributed by atoms with E-state index in [1.165, 1.54) is 0 Å². The summed E-state index contributed by atoms with van der Waals surface area (Å²) >= 11 is 0. The fraction of sp³-hybridized carbons (Fsp3) is 0.0714. The molecule has 0 bridgehead atoms. The summed E-state index contributed by atoms with van der Waals surface area (Å²) in [5.41, 5.74) is 2.97. The van der Waals surface area contributed by atoms with Gasteiger partial charge in [0, 0.05) is 24.1 Å². The lowest BCUT2D eigenvalue weighted by molar-refractivity contribution is -0.117. The largest absolute Gasteiger partial charge is 0.348 e. The normalized spacial score (nSPS) is 11.3. The first-order valence-corrected chi connectivity index (χ1v) is 10.3. The number of nitrogens with one attached hydrogen (secondary N) is 1. The van der Waals surface area contributed by atoms with Crippen LogP contribution in [-0.2, 0) is 11.3 Å². The standard InChI is InChI=1S/C28H23NO2/c30-27(23-13-5-2-6-14-23)19-25(28(31)29-20-21-10-3-1-4-11-21)18-24-16-9-15-22-12-7-8-17-26(22)24/h1-18H,19-20H2,(H,29,31)/b25-18+. The molecule has 4 aromatic carbocycles. The topological polar surface area (TPSA) is 46.2 Å². The summed E-state index contributed by atoms with van der Waals surface area (Å²) in [5.74, 6) is -0.317. The van der Waals surface area contributed by atoms with Crippen LogP contribution >= 0.6 is 0 Å². The molecular formula is C28H23NO2. The lowest BCUT2D eigenvalue weighted by Gasteiger charge is -2.11. The third-order valence-corrected chi connectivity index (χ3v) is 5.19. The van der Waals surface area contributed by atoms with E-state index in [1.54, 1.807) is 12.1 Å². The predicted molar refractivity (Wildman–Crippen MR) is 126 cm³/mol. The molecule has 0 heterocycles. The number of amides is 1. The van der Waals surface area contributed by atoms with Crippen LogP contribution in [0.15, 0.2) is 109 Å². The molecule has 0 atom stereocenters. The SMILES string of the molecule is O=C(NCc1ccccc1)/C(=C/c1cccc2ccccc12)CC(=O)c1ccccc1. The Balaban J connectivity index is 1.65. The second kappa shape index (κ2) is 9.68. The third kappa shape index (κ3) is 5.14. The van der Waals surface area contributed by atoms with Gasteiger partial charge >= 0.3 is 0 Å². The Morgan fingerprint density at radius 1 is 0.710 bits per heavy atom. The lowest BCUT2D eigenvalue weighted by atomic mass is 9.98. The second-order valence-corrected chi connectivity index (χ2v) is 7.37. The van der Waals surface area contributed by atoms with Crippen LogP contribution < -0.4 is 5.32 Å². The highest BCUT2D eigenvalue weighted by atomic mass is 16.2. The first kappa shape index (κ1) is 20.3. The maximum atomic E-state index is 13.1. The van der Waals surface area contributed by atoms with E-state index in [9.17, 15) is 9.59 Å². The molecule has 0 radical (unpaired) electrons. The number of fused-ring (bicyclic) bond motifs is 1. The Kier molecular flexibility index (Phi) is 6.34. The van der Waals surface area contributed by atoms with E-state index in [0.29, 0.717) is 17.7 Å². The minimum Gasteiger partial charge on any atom is -0.348 e. The maximum Gasteiger partial charge on any atom is 0.247 e. The van der Waals surface area contributed by atoms with Crippen molar-refractivity contribution in [2.24, 2.45) is 0 Å². The van der Waals surface area contributed by atoms with Crippen LogP contribution in [0.1, 0.15) is 27.9 Å². The molecule has 3 nitrogen and oxygen atoms in total. The van der Waals surface area contributed by atoms with Crippen molar-refractivity contribution < 1.29 is 9.59 Å². The van der Waals surface area contributed by atoms with Gasteiger partial charge in [0.15, 0.2) is 5.78 Å². The molecule has 1 N–H and O–H groups in total. The van der Waals surface area contributed by atoms with E-state index in [1.807, 2.05) is 97.1 Å². The van der Waals surface area contributed by atoms with Crippen molar-refractivity contribution in [1.29, 1.82) is 0 Å². The summed E-state index contributed by atoms with van der Waals surface area (Å²) in [4.78, 5) is 26.0. The zero-order valence-electron chi connectivity index (χ0n) is 17.1. The van der Waals surface area contributed by atoms with Crippen LogP contribution in [0.25, 0.3) is 16.8 Å². The van der Waals surface area contributed by atoms with Gasteiger partial charge in [0.1, 0.15) is 0 Å². The van der Waals surface area contributed by atoms with E-state index in [4.69, 9.17) is 0 Å². The van der Waals surface area contributed by atoms with Crippen molar-refractivity contribution in [3.05, 3.63) is 125 Å². The molecule has 31 heavy (non-hydrogen) atoms. The molecule has 4 rings (SSSR count). The van der Waals surface area contributed by atoms with E-state index < -0.39 is 0 Å². The molecule has 0 spiro atoms. The number of Topliss-reactive ketones (excluding diaryl/α,β-unsaturated/α-hetero) is 1. The highest BCUT2D eigenvalue weighted by molar-refractivity contribution is 6.08. The molecule has 0 fully saturated rings. The minimum atomic E-state index is -0.235. The Hall–Kier alpha value is -3.98. The van der Waals surface area contributed by atoms with Crippen LogP contribution in [0.3, 0.4) is 0 Å². The van der Waals surface area contributed by atoms with Gasteiger partial charge in [-0.25, -0.2) is 0 Å². The lowest BCUT2D eigenvalue weighted by Crippen LogP contribution is -2.25. The number of hydrogen-bond donors (Lipinski definition) is 1. The quantitative estimate of drug-likeness (QED) is 0.311. The maximum absolute atomic E-state index is 13.1. The van der Waals surface area contributed by atoms with Crippen molar-refractivity contribution >= 4 is 28.5 Å². The highest BCUT2D eigenvalue weighted by Gasteiger charge is 2.16. The molecule has 0 aromatic heterocycles. The van der Waals surface area contributed by atoms with Crippen LogP contribution in [0.2, 0.25) is 0 Å². The van der Waals surface area contributed by atoms with Gasteiger partial charge in [0.2, 0.25) is 5.91 Å². The Bertz CT molecular complexity index is 1220. The van der Waals surface area contributed by atoms with Gasteiger partial charge in [-0.1, -0.05) is 103 Å². The number of ketones is 1. The molecule has 4 aromatic rings. The van der Waals surface area contributed by atoms with Gasteiger partial charge in [0.05, 0.1) is 0 Å². The molecule has 152 valence electrons. The van der Waals surface area contributed by atoms with Crippen LogP contribution in [0.4, 0.5) is 0 Å². The third-order valence-electron chi connectivity index (χ3n) is 5.19. The first-order valence-electron chi connectivity index (χ1n) is 10.3.